The van der Waals surface area contributed by atoms with Crippen LogP contribution in [0.4, 0.5) is 5.82 Å². The van der Waals surface area contributed by atoms with Crippen molar-refractivity contribution in [3.05, 3.63) is 60.9 Å². The minimum absolute atomic E-state index is 0.315. The van der Waals surface area contributed by atoms with Crippen LogP contribution in [0.1, 0.15) is 19.9 Å². The molecule has 0 radical (unpaired) electrons. The Morgan fingerprint density at radius 1 is 0.857 bits per heavy atom. The molecule has 3 nitrogen and oxygen atoms in total. The van der Waals surface area contributed by atoms with Gasteiger partial charge in [0.1, 0.15) is 11.5 Å². The first kappa shape index (κ1) is 13.4. The molecule has 106 valence electrons. The Morgan fingerprint density at radius 3 is 2.00 bits per heavy atom. The molecule has 0 fully saturated rings. The zero-order valence-corrected chi connectivity index (χ0v) is 12.3. The van der Waals surface area contributed by atoms with E-state index in [1.165, 1.54) is 11.1 Å². The van der Waals surface area contributed by atoms with Crippen LogP contribution in [0.2, 0.25) is 0 Å². The molecule has 2 aromatic carbocycles. The molecule has 0 aliphatic heterocycles. The van der Waals surface area contributed by atoms with E-state index in [9.17, 15) is 0 Å². The lowest BCUT2D eigenvalue weighted by Crippen LogP contribution is -2.04. The standard InChI is InChI=1S/C18H19N3/c1-13(2)21-12-20-17(18(21)19)16-10-8-15(9-11-16)14-6-4-3-5-7-14/h3-13H,19H2,1-2H3. The Labute approximate surface area is 125 Å². The van der Waals surface area contributed by atoms with Crippen LogP contribution in [-0.4, -0.2) is 9.55 Å². The Hall–Kier alpha value is -2.55. The molecule has 0 saturated heterocycles. The second-order valence-electron chi connectivity index (χ2n) is 5.42. The zero-order valence-electron chi connectivity index (χ0n) is 12.3. The number of hydrogen-bond donors (Lipinski definition) is 1. The third-order valence-corrected chi connectivity index (χ3v) is 3.65. The largest absolute Gasteiger partial charge is 0.383 e. The fourth-order valence-corrected chi connectivity index (χ4v) is 2.46. The summed E-state index contributed by atoms with van der Waals surface area (Å²) in [5.74, 6) is 0.720. The Balaban J connectivity index is 1.95. The Kier molecular flexibility index (Phi) is 3.48. The number of nitrogens with two attached hydrogens (primary N) is 1. The van der Waals surface area contributed by atoms with Crippen molar-refractivity contribution in [2.24, 2.45) is 0 Å². The summed E-state index contributed by atoms with van der Waals surface area (Å²) >= 11 is 0. The van der Waals surface area contributed by atoms with E-state index in [0.717, 1.165) is 17.1 Å². The highest BCUT2D eigenvalue weighted by Gasteiger charge is 2.11. The summed E-state index contributed by atoms with van der Waals surface area (Å²) in [4.78, 5) is 4.45. The van der Waals surface area contributed by atoms with E-state index in [1.807, 2.05) is 22.8 Å². The van der Waals surface area contributed by atoms with E-state index in [4.69, 9.17) is 5.73 Å². The highest BCUT2D eigenvalue weighted by atomic mass is 15.1. The smallest absolute Gasteiger partial charge is 0.131 e. The highest BCUT2D eigenvalue weighted by Crippen LogP contribution is 2.28. The van der Waals surface area contributed by atoms with Gasteiger partial charge in [0.25, 0.3) is 0 Å². The number of rotatable bonds is 3. The van der Waals surface area contributed by atoms with Crippen LogP contribution in [-0.2, 0) is 0 Å². The van der Waals surface area contributed by atoms with Crippen LogP contribution in [0.25, 0.3) is 22.4 Å². The summed E-state index contributed by atoms with van der Waals surface area (Å²) in [7, 11) is 0. The number of anilines is 1. The molecule has 0 bridgehead atoms. The van der Waals surface area contributed by atoms with Gasteiger partial charge in [-0.2, -0.15) is 0 Å². The molecule has 0 atom stereocenters. The first-order chi connectivity index (χ1) is 10.2. The van der Waals surface area contributed by atoms with Crippen molar-refractivity contribution in [3.63, 3.8) is 0 Å². The van der Waals surface area contributed by atoms with Gasteiger partial charge in [0.05, 0.1) is 6.33 Å². The number of aromatic nitrogens is 2. The first-order valence-electron chi connectivity index (χ1n) is 7.15. The lowest BCUT2D eigenvalue weighted by Gasteiger charge is -2.09. The van der Waals surface area contributed by atoms with Gasteiger partial charge in [-0.15, -0.1) is 0 Å². The second kappa shape index (κ2) is 5.44. The molecule has 1 heterocycles. The molecule has 2 N–H and O–H groups in total. The average molecular weight is 277 g/mol. The van der Waals surface area contributed by atoms with Crippen molar-refractivity contribution < 1.29 is 0 Å². The molecule has 3 rings (SSSR count). The number of nitrogen functional groups attached to an aromatic ring is 1. The van der Waals surface area contributed by atoms with Crippen molar-refractivity contribution in [2.75, 3.05) is 5.73 Å². The summed E-state index contributed by atoms with van der Waals surface area (Å²) in [5, 5.41) is 0. The van der Waals surface area contributed by atoms with Crippen molar-refractivity contribution in [1.82, 2.24) is 9.55 Å². The lowest BCUT2D eigenvalue weighted by molar-refractivity contribution is 0.607. The Bertz CT molecular complexity index is 725. The molecule has 0 amide bonds. The van der Waals surface area contributed by atoms with Crippen LogP contribution in [0.3, 0.4) is 0 Å². The minimum Gasteiger partial charge on any atom is -0.383 e. The van der Waals surface area contributed by atoms with Gasteiger partial charge < -0.3 is 10.3 Å². The van der Waals surface area contributed by atoms with E-state index in [1.54, 1.807) is 6.33 Å². The van der Waals surface area contributed by atoms with Gasteiger partial charge in [0.2, 0.25) is 0 Å². The lowest BCUT2D eigenvalue weighted by atomic mass is 10.0. The fourth-order valence-electron chi connectivity index (χ4n) is 2.46. The highest BCUT2D eigenvalue weighted by molar-refractivity contribution is 5.74. The minimum atomic E-state index is 0.315. The van der Waals surface area contributed by atoms with Gasteiger partial charge in [-0.25, -0.2) is 4.98 Å². The topological polar surface area (TPSA) is 43.8 Å². The molecule has 1 aromatic heterocycles. The molecule has 21 heavy (non-hydrogen) atoms. The first-order valence-corrected chi connectivity index (χ1v) is 7.15. The fraction of sp³-hybridized carbons (Fsp3) is 0.167. The summed E-state index contributed by atoms with van der Waals surface area (Å²) in [6.45, 7) is 4.20. The van der Waals surface area contributed by atoms with Gasteiger partial charge in [0, 0.05) is 11.6 Å². The maximum absolute atomic E-state index is 6.19. The van der Waals surface area contributed by atoms with Crippen LogP contribution in [0.5, 0.6) is 0 Å². The van der Waals surface area contributed by atoms with Gasteiger partial charge in [0.15, 0.2) is 0 Å². The monoisotopic (exact) mass is 277 g/mol. The van der Waals surface area contributed by atoms with Gasteiger partial charge >= 0.3 is 0 Å². The van der Waals surface area contributed by atoms with Crippen LogP contribution >= 0.6 is 0 Å². The van der Waals surface area contributed by atoms with Gasteiger partial charge in [-0.05, 0) is 25.0 Å². The molecule has 0 aliphatic carbocycles. The van der Waals surface area contributed by atoms with Crippen LogP contribution in [0.15, 0.2) is 60.9 Å². The zero-order chi connectivity index (χ0) is 14.8. The number of imidazole rings is 1. The summed E-state index contributed by atoms with van der Waals surface area (Å²) in [6, 6.07) is 19.0. The molecule has 0 aliphatic rings. The number of benzene rings is 2. The third kappa shape index (κ3) is 2.55. The predicted molar refractivity (Wildman–Crippen MR) is 87.9 cm³/mol. The number of nitrogens with zero attached hydrogens (tertiary/aromatic N) is 2. The molecular formula is C18H19N3. The second-order valence-corrected chi connectivity index (χ2v) is 5.42. The van der Waals surface area contributed by atoms with Crippen molar-refractivity contribution in [1.29, 1.82) is 0 Å². The van der Waals surface area contributed by atoms with E-state index in [-0.39, 0.29) is 0 Å². The third-order valence-electron chi connectivity index (χ3n) is 3.65. The van der Waals surface area contributed by atoms with Gasteiger partial charge in [-0.1, -0.05) is 54.6 Å². The van der Waals surface area contributed by atoms with Crippen LogP contribution in [0, 0.1) is 0 Å². The maximum Gasteiger partial charge on any atom is 0.131 e. The average Bonchev–Trinajstić information content (AvgIpc) is 2.90. The maximum atomic E-state index is 6.19. The quantitative estimate of drug-likeness (QED) is 0.772. The summed E-state index contributed by atoms with van der Waals surface area (Å²) in [5.41, 5.74) is 10.5. The Morgan fingerprint density at radius 2 is 1.43 bits per heavy atom. The van der Waals surface area contributed by atoms with E-state index in [2.05, 4.69) is 55.2 Å². The molecule has 0 unspecified atom stereocenters. The van der Waals surface area contributed by atoms with E-state index < -0.39 is 0 Å². The van der Waals surface area contributed by atoms with E-state index in [0.29, 0.717) is 6.04 Å². The normalized spacial score (nSPS) is 11.0. The molecule has 0 saturated carbocycles. The van der Waals surface area contributed by atoms with Crippen molar-refractivity contribution in [2.45, 2.75) is 19.9 Å². The van der Waals surface area contributed by atoms with Crippen molar-refractivity contribution >= 4 is 5.82 Å². The van der Waals surface area contributed by atoms with E-state index >= 15 is 0 Å². The SMILES string of the molecule is CC(C)n1cnc(-c2ccc(-c3ccccc3)cc2)c1N. The molecule has 3 aromatic rings. The predicted octanol–water partition coefficient (Wildman–Crippen LogP) is 4.38. The molecule has 3 heteroatoms. The summed E-state index contributed by atoms with van der Waals surface area (Å²) in [6.07, 6.45) is 1.81. The number of hydrogen-bond acceptors (Lipinski definition) is 2. The van der Waals surface area contributed by atoms with Gasteiger partial charge in [-0.3, -0.25) is 0 Å². The molecular weight excluding hydrogens is 258 g/mol. The van der Waals surface area contributed by atoms with Crippen molar-refractivity contribution in [3.8, 4) is 22.4 Å². The van der Waals surface area contributed by atoms with Crippen LogP contribution < -0.4 is 5.73 Å². The summed E-state index contributed by atoms with van der Waals surface area (Å²) < 4.78 is 1.99. The molecule has 0 spiro atoms.